The van der Waals surface area contributed by atoms with Crippen molar-refractivity contribution in [1.82, 2.24) is 5.32 Å². The van der Waals surface area contributed by atoms with E-state index in [2.05, 4.69) is 43.5 Å². The molecule has 4 atom stereocenters. The third-order valence-corrected chi connectivity index (χ3v) is 10.9. The Morgan fingerprint density at radius 3 is 1.28 bits per heavy atom. The maximum atomic E-state index is 12.5. The van der Waals surface area contributed by atoms with Crippen molar-refractivity contribution < 1.29 is 25.2 Å². The van der Waals surface area contributed by atoms with Crippen molar-refractivity contribution in [2.45, 2.75) is 263 Å². The lowest BCUT2D eigenvalue weighted by Crippen LogP contribution is -2.53. The molecule has 0 heterocycles. The van der Waals surface area contributed by atoms with Crippen molar-refractivity contribution in [3.8, 4) is 0 Å². The summed E-state index contributed by atoms with van der Waals surface area (Å²) >= 11 is 0. The van der Waals surface area contributed by atoms with Crippen molar-refractivity contribution in [3.63, 3.8) is 0 Å². The van der Waals surface area contributed by atoms with Gasteiger partial charge in [0.1, 0.15) is 12.2 Å². The van der Waals surface area contributed by atoms with E-state index in [1.807, 2.05) is 0 Å². The van der Waals surface area contributed by atoms with Crippen LogP contribution in [-0.2, 0) is 4.79 Å². The smallest absolute Gasteiger partial charge is 0.249 e. The van der Waals surface area contributed by atoms with E-state index in [-0.39, 0.29) is 0 Å². The summed E-state index contributed by atoms with van der Waals surface area (Å²) in [4.78, 5) is 12.5. The van der Waals surface area contributed by atoms with Crippen LogP contribution in [0.2, 0.25) is 0 Å². The second-order valence-corrected chi connectivity index (χ2v) is 16.1. The summed E-state index contributed by atoms with van der Waals surface area (Å²) in [6.45, 7) is 3.96. The maximum Gasteiger partial charge on any atom is 0.249 e. The molecule has 0 saturated heterocycles. The third kappa shape index (κ3) is 36.2. The number of hydrogen-bond donors (Lipinski definition) is 5. The van der Waals surface area contributed by atoms with Crippen LogP contribution in [0.4, 0.5) is 0 Å². The quantitative estimate of drug-likeness (QED) is 0.0315. The van der Waals surface area contributed by atoms with Crippen LogP contribution in [0, 0.1) is 0 Å². The lowest BCUT2D eigenvalue weighted by Gasteiger charge is -2.27. The van der Waals surface area contributed by atoms with Gasteiger partial charge >= 0.3 is 0 Å². The molecule has 5 N–H and O–H groups in total. The topological polar surface area (TPSA) is 110 Å². The molecule has 0 rings (SSSR count). The van der Waals surface area contributed by atoms with Crippen LogP contribution in [0.1, 0.15) is 239 Å². The molecule has 0 aromatic carbocycles. The first kappa shape index (κ1) is 51.8. The minimum atomic E-state index is -1.26. The predicted octanol–water partition coefficient (Wildman–Crippen LogP) is 12.4. The zero-order valence-corrected chi connectivity index (χ0v) is 35.3. The van der Waals surface area contributed by atoms with Gasteiger partial charge < -0.3 is 25.7 Å². The van der Waals surface area contributed by atoms with Crippen molar-refractivity contribution in [2.75, 3.05) is 6.61 Å². The van der Waals surface area contributed by atoms with Gasteiger partial charge in [-0.3, -0.25) is 4.79 Å². The lowest BCUT2D eigenvalue weighted by molar-refractivity contribution is -0.132. The summed E-state index contributed by atoms with van der Waals surface area (Å²) in [6, 6.07) is -0.983. The minimum Gasteiger partial charge on any atom is -0.394 e. The first-order valence-corrected chi connectivity index (χ1v) is 23.2. The van der Waals surface area contributed by atoms with Crippen LogP contribution in [0.15, 0.2) is 24.3 Å². The molecule has 0 radical (unpaired) electrons. The van der Waals surface area contributed by atoms with Crippen molar-refractivity contribution in [2.24, 2.45) is 0 Å². The molecule has 0 fully saturated rings. The number of aliphatic hydroxyl groups is 4. The van der Waals surface area contributed by atoms with Gasteiger partial charge in [-0.15, -0.1) is 0 Å². The molecule has 0 aromatic rings. The van der Waals surface area contributed by atoms with Gasteiger partial charge in [-0.25, -0.2) is 0 Å². The highest BCUT2D eigenvalue weighted by Gasteiger charge is 2.28. The monoisotopic (exact) mass is 750 g/mol. The summed E-state index contributed by atoms with van der Waals surface area (Å²) in [5.41, 5.74) is 0. The molecule has 4 unspecified atom stereocenters. The van der Waals surface area contributed by atoms with Gasteiger partial charge in [-0.1, -0.05) is 224 Å². The number of unbranched alkanes of at least 4 members (excludes halogenated alkanes) is 29. The van der Waals surface area contributed by atoms with E-state index in [0.29, 0.717) is 12.8 Å². The summed E-state index contributed by atoms with van der Waals surface area (Å²) in [5, 5.41) is 43.8. The normalized spacial score (nSPS) is 14.3. The molecule has 0 aromatic heterocycles. The van der Waals surface area contributed by atoms with Gasteiger partial charge in [0.25, 0.3) is 0 Å². The van der Waals surface area contributed by atoms with Crippen LogP contribution >= 0.6 is 0 Å². The van der Waals surface area contributed by atoms with E-state index in [0.717, 1.165) is 51.4 Å². The van der Waals surface area contributed by atoms with Gasteiger partial charge in [0.2, 0.25) is 5.91 Å². The molecular weight excluding hydrogens is 659 g/mol. The Morgan fingerprint density at radius 2 is 0.868 bits per heavy atom. The fourth-order valence-electron chi connectivity index (χ4n) is 7.27. The molecule has 314 valence electrons. The summed E-state index contributed by atoms with van der Waals surface area (Å²) in [5.74, 6) is -0.583. The third-order valence-electron chi connectivity index (χ3n) is 10.9. The molecule has 0 aliphatic heterocycles. The van der Waals surface area contributed by atoms with Gasteiger partial charge in [-0.05, 0) is 38.5 Å². The first-order chi connectivity index (χ1) is 26.0. The van der Waals surface area contributed by atoms with Crippen molar-refractivity contribution in [3.05, 3.63) is 24.3 Å². The Kier molecular flexibility index (Phi) is 41.0. The molecule has 0 aliphatic carbocycles. The van der Waals surface area contributed by atoms with Gasteiger partial charge in [0.05, 0.1) is 18.8 Å². The van der Waals surface area contributed by atoms with Gasteiger partial charge in [-0.2, -0.15) is 0 Å². The largest absolute Gasteiger partial charge is 0.394 e. The second kappa shape index (κ2) is 41.9. The second-order valence-electron chi connectivity index (χ2n) is 16.1. The molecule has 0 saturated carbocycles. The number of hydrogen-bond acceptors (Lipinski definition) is 5. The number of nitrogens with one attached hydrogen (secondary N) is 1. The van der Waals surface area contributed by atoms with E-state index in [4.69, 9.17) is 0 Å². The Hall–Kier alpha value is -1.21. The minimum absolute atomic E-state index is 0.370. The average Bonchev–Trinajstić information content (AvgIpc) is 3.16. The summed E-state index contributed by atoms with van der Waals surface area (Å²) in [6.07, 6.45) is 47.8. The van der Waals surface area contributed by atoms with Gasteiger partial charge in [0.15, 0.2) is 0 Å². The molecule has 0 bridgehead atoms. The van der Waals surface area contributed by atoms with Crippen LogP contribution in [0.3, 0.4) is 0 Å². The SMILES string of the molecule is CC/C=C\C/C=C\CCCCCCCCCCCCCCCC(O)C(=O)NC(CO)C(O)C(O)CCCCCCCCCCCCCCCCCCC. The molecule has 0 spiro atoms. The van der Waals surface area contributed by atoms with E-state index in [1.54, 1.807) is 0 Å². The Labute approximate surface area is 329 Å². The summed E-state index contributed by atoms with van der Waals surface area (Å²) < 4.78 is 0. The maximum absolute atomic E-state index is 12.5. The highest BCUT2D eigenvalue weighted by atomic mass is 16.3. The number of rotatable bonds is 42. The molecule has 0 aliphatic rings. The highest BCUT2D eigenvalue weighted by Crippen LogP contribution is 2.17. The van der Waals surface area contributed by atoms with Crippen LogP contribution < -0.4 is 5.32 Å². The fourth-order valence-corrected chi connectivity index (χ4v) is 7.27. The van der Waals surface area contributed by atoms with E-state index in [1.165, 1.54) is 161 Å². The molecular formula is C47H91NO5. The zero-order valence-electron chi connectivity index (χ0n) is 35.3. The Bertz CT molecular complexity index is 802. The highest BCUT2D eigenvalue weighted by molar-refractivity contribution is 5.80. The van der Waals surface area contributed by atoms with Crippen LogP contribution in [-0.4, -0.2) is 57.3 Å². The van der Waals surface area contributed by atoms with Crippen molar-refractivity contribution in [1.29, 1.82) is 0 Å². The molecule has 6 nitrogen and oxygen atoms in total. The fraction of sp³-hybridized carbons (Fsp3) is 0.894. The Balaban J connectivity index is 3.69. The van der Waals surface area contributed by atoms with E-state index < -0.39 is 36.9 Å². The number of carbonyl (C=O) groups is 1. The molecule has 53 heavy (non-hydrogen) atoms. The molecule has 1 amide bonds. The first-order valence-electron chi connectivity index (χ1n) is 23.2. The lowest BCUT2D eigenvalue weighted by atomic mass is 9.99. The number of allylic oxidation sites excluding steroid dienone is 4. The number of amides is 1. The average molecular weight is 750 g/mol. The van der Waals surface area contributed by atoms with Crippen LogP contribution in [0.5, 0.6) is 0 Å². The zero-order chi connectivity index (χ0) is 38.9. The van der Waals surface area contributed by atoms with Gasteiger partial charge in [0, 0.05) is 0 Å². The van der Waals surface area contributed by atoms with Crippen molar-refractivity contribution >= 4 is 5.91 Å². The predicted molar refractivity (Wildman–Crippen MR) is 228 cm³/mol. The Morgan fingerprint density at radius 1 is 0.491 bits per heavy atom. The van der Waals surface area contributed by atoms with E-state index >= 15 is 0 Å². The van der Waals surface area contributed by atoms with Crippen LogP contribution in [0.25, 0.3) is 0 Å². The number of aliphatic hydroxyl groups excluding tert-OH is 4. The molecule has 6 heteroatoms. The number of carbonyl (C=O) groups excluding carboxylic acids is 1. The van der Waals surface area contributed by atoms with E-state index in [9.17, 15) is 25.2 Å². The summed E-state index contributed by atoms with van der Waals surface area (Å²) in [7, 11) is 0. The standard InChI is InChI=1S/C47H91NO5/c1-3-5-7-9-11-13-15-17-19-21-22-23-25-27-29-31-33-35-37-39-41-45(51)47(53)48-43(42-49)46(52)44(50)40-38-36-34-32-30-28-26-24-20-18-16-14-12-10-8-6-4-2/h5,7,11,13,43-46,49-52H,3-4,6,8-10,12,14-42H2,1-2H3,(H,48,53)/b7-5-,13-11-.